The lowest BCUT2D eigenvalue weighted by molar-refractivity contribution is -0.143. The molecule has 0 aromatic heterocycles. The summed E-state index contributed by atoms with van der Waals surface area (Å²) >= 11 is 0. The number of carbonyl (C=O) groups excluding carboxylic acids is 5. The Hall–Kier alpha value is -3.02. The third-order valence-electron chi connectivity index (χ3n) is 8.80. The molecule has 3 aliphatic rings. The van der Waals surface area contributed by atoms with E-state index in [9.17, 15) is 28.2 Å². The number of hydrogen-bond acceptors (Lipinski definition) is 6. The van der Waals surface area contributed by atoms with Crippen LogP contribution in [0, 0.1) is 17.3 Å². The highest BCUT2D eigenvalue weighted by molar-refractivity contribution is 7.89. The predicted octanol–water partition coefficient (Wildman–Crippen LogP) is 4.84. The summed E-state index contributed by atoms with van der Waals surface area (Å²) in [5.74, 6) is -2.16. The number of nitrogens with zero attached hydrogens (tertiary/aromatic N) is 1. The van der Waals surface area contributed by atoms with Gasteiger partial charge >= 0.3 is 6.03 Å². The van der Waals surface area contributed by atoms with Crippen molar-refractivity contribution < 1.29 is 28.2 Å². The maximum Gasteiger partial charge on any atom is 0.315 e. The Labute approximate surface area is 290 Å². The quantitative estimate of drug-likeness (QED) is 0.228. The Morgan fingerprint density at radius 1 is 0.938 bits per heavy atom. The third kappa shape index (κ3) is 12.8. The monoisotopic (exact) mass is 691 g/mol. The first kappa shape index (κ1) is 41.2. The van der Waals surface area contributed by atoms with Crippen molar-refractivity contribution in [2.75, 3.05) is 12.4 Å². The minimum absolute atomic E-state index is 0.191. The summed E-state index contributed by atoms with van der Waals surface area (Å²) in [6.45, 7) is 17.5. The Bertz CT molecular complexity index is 1230. The number of ketones is 1. The summed E-state index contributed by atoms with van der Waals surface area (Å²) in [6.07, 6.45) is 12.6. The summed E-state index contributed by atoms with van der Waals surface area (Å²) in [5, 5.41) is 11.0. The Kier molecular flexibility index (Phi) is 16.0. The number of Topliss-reactive ketones (excluding diaryl/α,β-unsaturated/α-hetero) is 1. The first-order chi connectivity index (χ1) is 22.5. The van der Waals surface area contributed by atoms with Crippen LogP contribution in [0.15, 0.2) is 23.1 Å². The van der Waals surface area contributed by atoms with Gasteiger partial charge in [0.2, 0.25) is 17.6 Å². The zero-order valence-corrected chi connectivity index (χ0v) is 31.5. The Balaban J connectivity index is 0.00000392. The molecule has 2 fully saturated rings. The van der Waals surface area contributed by atoms with Crippen LogP contribution in [0.2, 0.25) is 0 Å². The summed E-state index contributed by atoms with van der Waals surface area (Å²) in [7, 11) is -1.51. The first-order valence-corrected chi connectivity index (χ1v) is 19.1. The fourth-order valence-electron chi connectivity index (χ4n) is 6.24. The molecule has 5 atom stereocenters. The Morgan fingerprint density at radius 3 is 2.19 bits per heavy atom. The lowest BCUT2D eigenvalue weighted by Gasteiger charge is -2.36. The topological polar surface area (TPSA) is 154 Å². The fourth-order valence-corrected chi connectivity index (χ4v) is 7.21. The van der Waals surface area contributed by atoms with Gasteiger partial charge in [0, 0.05) is 17.0 Å². The molecule has 12 heteroatoms. The fraction of sp³-hybridized carbons (Fsp3) is 0.750. The summed E-state index contributed by atoms with van der Waals surface area (Å²) < 4.78 is 12.9. The molecule has 0 aromatic carbocycles. The first-order valence-electron chi connectivity index (χ1n) is 17.7. The lowest BCUT2D eigenvalue weighted by atomic mass is 9.85. The summed E-state index contributed by atoms with van der Waals surface area (Å²) in [4.78, 5) is 69.0. The molecule has 1 saturated heterocycles. The van der Waals surface area contributed by atoms with E-state index in [-0.39, 0.29) is 17.7 Å². The molecule has 1 aliphatic heterocycles. The van der Waals surface area contributed by atoms with Crippen LogP contribution in [0.4, 0.5) is 4.79 Å². The van der Waals surface area contributed by atoms with Crippen LogP contribution in [0.3, 0.4) is 0 Å². The van der Waals surface area contributed by atoms with Crippen molar-refractivity contribution in [3.05, 3.63) is 23.1 Å². The third-order valence-corrected chi connectivity index (χ3v) is 10.0. The number of rotatable bonds is 11. The highest BCUT2D eigenvalue weighted by Gasteiger charge is 2.43. The molecule has 5 amide bonds. The average Bonchev–Trinajstić information content (AvgIpc) is 3.67. The van der Waals surface area contributed by atoms with E-state index in [2.05, 4.69) is 28.2 Å². The lowest BCUT2D eigenvalue weighted by Crippen LogP contribution is -2.61. The summed E-state index contributed by atoms with van der Waals surface area (Å²) in [6, 6.07) is -3.27. The molecule has 11 nitrogen and oxygen atoms in total. The number of amides is 5. The second kappa shape index (κ2) is 18.7. The maximum atomic E-state index is 13.9. The molecule has 3 rings (SSSR count). The van der Waals surface area contributed by atoms with Crippen LogP contribution >= 0.6 is 0 Å². The number of urea groups is 1. The van der Waals surface area contributed by atoms with E-state index >= 15 is 0 Å². The summed E-state index contributed by atoms with van der Waals surface area (Å²) in [5.41, 5.74) is -1.15. The van der Waals surface area contributed by atoms with Gasteiger partial charge < -0.3 is 26.2 Å². The van der Waals surface area contributed by atoms with Gasteiger partial charge in [-0.2, -0.15) is 0 Å². The zero-order chi connectivity index (χ0) is 36.2. The average molecular weight is 692 g/mol. The van der Waals surface area contributed by atoms with Crippen molar-refractivity contribution in [3.63, 3.8) is 0 Å². The second-order valence-electron chi connectivity index (χ2n) is 15.2. The standard InChI is InChI=1S/C34H55N5O6S.C2H6/c1-22-12-10-15-24(18-17-22)46(45)21-35-30(42)27(40)25(20-23-13-8-9-14-23)36-29(41)26-16-11-19-39(26)31(43)28(33(2,3)4)37-32(44)38-34(5,6)7;1-2/h15,17-18,22-23,25-26,28H,8-14,16,19-21H2,1-7H3,(H,35,42)(H,36,41)(H2,37,38,44);1-2H3. The Morgan fingerprint density at radius 2 is 1.58 bits per heavy atom. The van der Waals surface area contributed by atoms with Gasteiger partial charge in [-0.1, -0.05) is 85.5 Å². The van der Waals surface area contributed by atoms with E-state index in [4.69, 9.17) is 0 Å². The normalized spacial score (nSPS) is 21.9. The zero-order valence-electron chi connectivity index (χ0n) is 30.7. The number of carbonyl (C=O) groups is 5. The van der Waals surface area contributed by atoms with Crippen LogP contribution in [0.5, 0.6) is 0 Å². The van der Waals surface area contributed by atoms with Gasteiger partial charge in [0.15, 0.2) is 0 Å². The van der Waals surface area contributed by atoms with Gasteiger partial charge in [0.1, 0.15) is 12.1 Å². The van der Waals surface area contributed by atoms with Crippen molar-refractivity contribution in [1.29, 1.82) is 0 Å². The van der Waals surface area contributed by atoms with Crippen molar-refractivity contribution in [1.82, 2.24) is 26.2 Å². The molecule has 1 heterocycles. The van der Waals surface area contributed by atoms with Gasteiger partial charge in [0.05, 0.1) is 22.7 Å². The van der Waals surface area contributed by atoms with Crippen molar-refractivity contribution >= 4 is 40.3 Å². The maximum absolute atomic E-state index is 13.9. The van der Waals surface area contributed by atoms with Crippen LogP contribution in [-0.2, 0) is 30.0 Å². The van der Waals surface area contributed by atoms with Crippen LogP contribution in [0.1, 0.15) is 120 Å². The molecule has 48 heavy (non-hydrogen) atoms. The van der Waals surface area contributed by atoms with Gasteiger partial charge in [-0.05, 0) is 70.1 Å². The number of nitrogens with one attached hydrogen (secondary N) is 4. The van der Waals surface area contributed by atoms with E-state index in [1.165, 1.54) is 4.90 Å². The SMILES string of the molecule is CC.CC1C=CC(S(=O)CNC(=O)C(=O)C(CC2CCCC2)NC(=O)C2CCCN2C(=O)C(NC(=O)NC(C)(C)C)C(C)(C)C)=CCC1. The number of likely N-dealkylation sites (tertiary alicyclic amines) is 1. The molecule has 1 saturated carbocycles. The molecule has 5 unspecified atom stereocenters. The van der Waals surface area contributed by atoms with Crippen LogP contribution in [-0.4, -0.2) is 74.7 Å². The van der Waals surface area contributed by atoms with E-state index < -0.39 is 63.5 Å². The molecule has 272 valence electrons. The van der Waals surface area contributed by atoms with Gasteiger partial charge in [0.25, 0.3) is 5.91 Å². The minimum atomic E-state index is -1.51. The molecular formula is C36H61N5O6S. The minimum Gasteiger partial charge on any atom is -0.344 e. The van der Waals surface area contributed by atoms with E-state index in [0.29, 0.717) is 36.6 Å². The van der Waals surface area contributed by atoms with E-state index in [1.807, 2.05) is 73.6 Å². The second-order valence-corrected chi connectivity index (χ2v) is 16.6. The smallest absolute Gasteiger partial charge is 0.315 e. The molecule has 4 N–H and O–H groups in total. The van der Waals surface area contributed by atoms with Crippen LogP contribution in [0.25, 0.3) is 0 Å². The van der Waals surface area contributed by atoms with Gasteiger partial charge in [-0.15, -0.1) is 0 Å². The van der Waals surface area contributed by atoms with E-state index in [1.54, 1.807) is 0 Å². The number of allylic oxidation sites excluding steroid dienone is 3. The van der Waals surface area contributed by atoms with Crippen molar-refractivity contribution in [2.45, 2.75) is 144 Å². The van der Waals surface area contributed by atoms with E-state index in [0.717, 1.165) is 38.5 Å². The molecule has 0 spiro atoms. The molecule has 0 aromatic rings. The highest BCUT2D eigenvalue weighted by atomic mass is 32.2. The predicted molar refractivity (Wildman–Crippen MR) is 191 cm³/mol. The molecule has 2 aliphatic carbocycles. The largest absolute Gasteiger partial charge is 0.344 e. The molecule has 0 bridgehead atoms. The van der Waals surface area contributed by atoms with Crippen LogP contribution < -0.4 is 21.3 Å². The highest BCUT2D eigenvalue weighted by Crippen LogP contribution is 2.30. The molecule has 0 radical (unpaired) electrons. The number of hydrogen-bond donors (Lipinski definition) is 4. The van der Waals surface area contributed by atoms with Crippen molar-refractivity contribution in [3.8, 4) is 0 Å². The van der Waals surface area contributed by atoms with Gasteiger partial charge in [-0.3, -0.25) is 23.4 Å². The van der Waals surface area contributed by atoms with Gasteiger partial charge in [-0.25, -0.2) is 4.79 Å². The van der Waals surface area contributed by atoms with Crippen molar-refractivity contribution in [2.24, 2.45) is 17.3 Å². The molecular weight excluding hydrogens is 630 g/mol.